The molecule has 94 valence electrons. The van der Waals surface area contributed by atoms with Crippen molar-refractivity contribution in [3.05, 3.63) is 58.9 Å². The minimum Gasteiger partial charge on any atom is -0.388 e. The molecule has 2 heteroatoms. The Balaban J connectivity index is 1.92. The maximum absolute atomic E-state index is 9.98. The molecule has 1 unspecified atom stereocenters. The molecule has 2 nitrogen and oxygen atoms in total. The summed E-state index contributed by atoms with van der Waals surface area (Å²) in [5.41, 5.74) is 5.14. The third kappa shape index (κ3) is 1.97. The number of rotatable bonds is 2. The molecule has 0 amide bonds. The number of aliphatic hydroxyl groups is 1. The number of nitrogens with zero attached hydrogens (tertiary/aromatic N) is 1. The van der Waals surface area contributed by atoms with Crippen molar-refractivity contribution in [2.45, 2.75) is 38.8 Å². The van der Waals surface area contributed by atoms with Gasteiger partial charge in [-0.15, -0.1) is 0 Å². The van der Waals surface area contributed by atoms with Gasteiger partial charge in [-0.05, 0) is 43.4 Å². The second-order valence-electron chi connectivity index (χ2n) is 5.18. The van der Waals surface area contributed by atoms with E-state index in [1.54, 1.807) is 0 Å². The minimum atomic E-state index is -0.258. The van der Waals surface area contributed by atoms with Gasteiger partial charge in [0, 0.05) is 24.0 Å². The third-order valence-corrected chi connectivity index (χ3v) is 3.97. The molecule has 1 aliphatic carbocycles. The van der Waals surface area contributed by atoms with Crippen LogP contribution in [0.2, 0.25) is 0 Å². The molecule has 0 saturated heterocycles. The lowest BCUT2D eigenvalue weighted by Crippen LogP contribution is -2.12. The highest BCUT2D eigenvalue weighted by atomic mass is 16.3. The van der Waals surface area contributed by atoms with E-state index in [0.717, 1.165) is 31.4 Å². The van der Waals surface area contributed by atoms with E-state index in [0.29, 0.717) is 0 Å². The van der Waals surface area contributed by atoms with Crippen molar-refractivity contribution in [2.75, 3.05) is 0 Å². The minimum absolute atomic E-state index is 0.258. The lowest BCUT2D eigenvalue weighted by Gasteiger charge is -2.20. The van der Waals surface area contributed by atoms with Gasteiger partial charge >= 0.3 is 0 Å². The molecular formula is C16H19NO. The fourth-order valence-electron chi connectivity index (χ4n) is 2.85. The average Bonchev–Trinajstić information content (AvgIpc) is 2.77. The molecule has 1 atom stereocenters. The van der Waals surface area contributed by atoms with Crippen LogP contribution in [-0.4, -0.2) is 9.67 Å². The van der Waals surface area contributed by atoms with Gasteiger partial charge in [0.25, 0.3) is 0 Å². The van der Waals surface area contributed by atoms with Gasteiger partial charge in [-0.25, -0.2) is 0 Å². The molecule has 1 heterocycles. The first-order valence-corrected chi connectivity index (χ1v) is 6.66. The number of aryl methyl sites for hydroxylation is 1. The Morgan fingerprint density at radius 2 is 2.11 bits per heavy atom. The monoisotopic (exact) mass is 241 g/mol. The Bertz CT molecular complexity index is 556. The number of benzene rings is 1. The lowest BCUT2D eigenvalue weighted by atomic mass is 9.95. The Morgan fingerprint density at radius 1 is 1.28 bits per heavy atom. The van der Waals surface area contributed by atoms with Gasteiger partial charge < -0.3 is 9.67 Å². The molecule has 1 aromatic heterocycles. The van der Waals surface area contributed by atoms with Crippen molar-refractivity contribution < 1.29 is 5.11 Å². The number of hydrogen-bond donors (Lipinski definition) is 1. The van der Waals surface area contributed by atoms with Crippen molar-refractivity contribution in [1.29, 1.82) is 0 Å². The lowest BCUT2D eigenvalue weighted by molar-refractivity contribution is 0.156. The van der Waals surface area contributed by atoms with Crippen LogP contribution >= 0.6 is 0 Å². The van der Waals surface area contributed by atoms with Gasteiger partial charge in [-0.3, -0.25) is 0 Å². The Labute approximate surface area is 108 Å². The molecule has 0 fully saturated rings. The Morgan fingerprint density at radius 3 is 2.94 bits per heavy atom. The van der Waals surface area contributed by atoms with Crippen molar-refractivity contribution in [1.82, 2.24) is 4.57 Å². The van der Waals surface area contributed by atoms with Crippen LogP contribution in [0.5, 0.6) is 0 Å². The number of aromatic nitrogens is 1. The van der Waals surface area contributed by atoms with E-state index in [9.17, 15) is 5.11 Å². The van der Waals surface area contributed by atoms with Crippen molar-refractivity contribution in [3.63, 3.8) is 0 Å². The first-order valence-electron chi connectivity index (χ1n) is 6.66. The Kier molecular flexibility index (Phi) is 2.96. The number of fused-ring (bicyclic) bond motifs is 1. The van der Waals surface area contributed by atoms with Crippen molar-refractivity contribution in [2.24, 2.45) is 0 Å². The van der Waals surface area contributed by atoms with Gasteiger partial charge in [-0.2, -0.15) is 0 Å². The number of aliphatic hydroxyl groups excluding tert-OH is 1. The van der Waals surface area contributed by atoms with E-state index in [2.05, 4.69) is 48.0 Å². The molecule has 18 heavy (non-hydrogen) atoms. The SMILES string of the molecule is Cc1ccccc1Cn1ccc2c1CCCC2O. The molecule has 1 aromatic carbocycles. The van der Waals surface area contributed by atoms with E-state index in [1.807, 2.05) is 0 Å². The summed E-state index contributed by atoms with van der Waals surface area (Å²) in [5.74, 6) is 0. The summed E-state index contributed by atoms with van der Waals surface area (Å²) in [7, 11) is 0. The fraction of sp³-hybridized carbons (Fsp3) is 0.375. The van der Waals surface area contributed by atoms with E-state index in [1.165, 1.54) is 16.8 Å². The molecule has 3 rings (SSSR count). The summed E-state index contributed by atoms with van der Waals surface area (Å²) in [6.45, 7) is 3.06. The predicted octanol–water partition coefficient (Wildman–Crippen LogP) is 3.21. The molecule has 0 radical (unpaired) electrons. The normalized spacial score (nSPS) is 18.7. The highest BCUT2D eigenvalue weighted by molar-refractivity contribution is 5.31. The second kappa shape index (κ2) is 4.62. The first-order chi connectivity index (χ1) is 8.75. The highest BCUT2D eigenvalue weighted by Gasteiger charge is 2.21. The molecule has 0 spiro atoms. The zero-order chi connectivity index (χ0) is 12.5. The van der Waals surface area contributed by atoms with Crippen LogP contribution < -0.4 is 0 Å². The van der Waals surface area contributed by atoms with Gasteiger partial charge in [0.1, 0.15) is 0 Å². The molecular weight excluding hydrogens is 222 g/mol. The van der Waals surface area contributed by atoms with Gasteiger partial charge in [0.05, 0.1) is 6.10 Å². The fourth-order valence-corrected chi connectivity index (χ4v) is 2.85. The summed E-state index contributed by atoms with van der Waals surface area (Å²) in [5, 5.41) is 9.98. The first kappa shape index (κ1) is 11.5. The average molecular weight is 241 g/mol. The van der Waals surface area contributed by atoms with Crippen LogP contribution in [0.3, 0.4) is 0 Å². The number of hydrogen-bond acceptors (Lipinski definition) is 1. The predicted molar refractivity (Wildman–Crippen MR) is 72.6 cm³/mol. The van der Waals surface area contributed by atoms with Gasteiger partial charge in [0.2, 0.25) is 0 Å². The van der Waals surface area contributed by atoms with Crippen LogP contribution in [0.15, 0.2) is 36.5 Å². The topological polar surface area (TPSA) is 25.2 Å². The van der Waals surface area contributed by atoms with E-state index >= 15 is 0 Å². The van der Waals surface area contributed by atoms with Crippen LogP contribution in [0, 0.1) is 6.92 Å². The summed E-state index contributed by atoms with van der Waals surface area (Å²) >= 11 is 0. The smallest absolute Gasteiger partial charge is 0.0807 e. The highest BCUT2D eigenvalue weighted by Crippen LogP contribution is 2.30. The molecule has 0 aliphatic heterocycles. The van der Waals surface area contributed by atoms with E-state index in [4.69, 9.17) is 0 Å². The maximum Gasteiger partial charge on any atom is 0.0807 e. The van der Waals surface area contributed by atoms with E-state index in [-0.39, 0.29) is 6.10 Å². The van der Waals surface area contributed by atoms with Crippen molar-refractivity contribution in [3.8, 4) is 0 Å². The van der Waals surface area contributed by atoms with Crippen LogP contribution in [0.25, 0.3) is 0 Å². The molecule has 0 saturated carbocycles. The third-order valence-electron chi connectivity index (χ3n) is 3.97. The van der Waals surface area contributed by atoms with Crippen LogP contribution in [-0.2, 0) is 13.0 Å². The van der Waals surface area contributed by atoms with Gasteiger partial charge in [-0.1, -0.05) is 24.3 Å². The molecule has 2 aromatic rings. The molecule has 1 N–H and O–H groups in total. The molecule has 1 aliphatic rings. The molecule has 0 bridgehead atoms. The second-order valence-corrected chi connectivity index (χ2v) is 5.18. The Hall–Kier alpha value is -1.54. The zero-order valence-corrected chi connectivity index (χ0v) is 10.8. The van der Waals surface area contributed by atoms with Crippen LogP contribution in [0.4, 0.5) is 0 Å². The summed E-state index contributed by atoms with van der Waals surface area (Å²) < 4.78 is 2.29. The zero-order valence-electron chi connectivity index (χ0n) is 10.8. The summed E-state index contributed by atoms with van der Waals surface area (Å²) in [4.78, 5) is 0. The summed E-state index contributed by atoms with van der Waals surface area (Å²) in [6, 6.07) is 10.6. The quantitative estimate of drug-likeness (QED) is 0.858. The van der Waals surface area contributed by atoms with Crippen molar-refractivity contribution >= 4 is 0 Å². The standard InChI is InChI=1S/C16H19NO/c1-12-5-2-3-6-13(12)11-17-10-9-14-15(17)7-4-8-16(14)18/h2-3,5-6,9-10,16,18H,4,7-8,11H2,1H3. The largest absolute Gasteiger partial charge is 0.388 e. The van der Waals surface area contributed by atoms with E-state index < -0.39 is 0 Å². The van der Waals surface area contributed by atoms with Gasteiger partial charge in [0.15, 0.2) is 0 Å². The summed E-state index contributed by atoms with van der Waals surface area (Å²) in [6.07, 6.45) is 4.94. The van der Waals surface area contributed by atoms with Crippen LogP contribution in [0.1, 0.15) is 41.3 Å². The maximum atomic E-state index is 9.98.